The van der Waals surface area contributed by atoms with Crippen LogP contribution in [-0.2, 0) is 0 Å². The number of fused-ring (bicyclic) bond motifs is 1. The zero-order valence-corrected chi connectivity index (χ0v) is 9.95. The molecule has 0 saturated heterocycles. The van der Waals surface area contributed by atoms with E-state index in [2.05, 4.69) is 13.8 Å². The third-order valence-electron chi connectivity index (χ3n) is 5.14. The fraction of sp³-hybridized carbons (Fsp3) is 1.00. The predicted molar refractivity (Wildman–Crippen MR) is 60.4 cm³/mol. The van der Waals surface area contributed by atoms with E-state index < -0.39 is 0 Å². The van der Waals surface area contributed by atoms with Gasteiger partial charge in [0, 0.05) is 6.61 Å². The Morgan fingerprint density at radius 3 is 2.73 bits per heavy atom. The maximum atomic E-state index is 10.1. The lowest BCUT2D eigenvalue weighted by Crippen LogP contribution is -2.41. The molecule has 2 aliphatic rings. The molecule has 0 aliphatic heterocycles. The SMILES string of the molecule is C[C@@H](CO)[C@H]1CCC2C(O)CCC[C@@]21C. The van der Waals surface area contributed by atoms with Crippen molar-refractivity contribution in [2.45, 2.75) is 52.1 Å². The molecule has 88 valence electrons. The van der Waals surface area contributed by atoms with Crippen molar-refractivity contribution >= 4 is 0 Å². The van der Waals surface area contributed by atoms with Crippen LogP contribution in [0.15, 0.2) is 0 Å². The molecular formula is C13H24O2. The van der Waals surface area contributed by atoms with Crippen molar-refractivity contribution in [1.29, 1.82) is 0 Å². The first-order valence-corrected chi connectivity index (χ1v) is 6.38. The van der Waals surface area contributed by atoms with E-state index >= 15 is 0 Å². The van der Waals surface area contributed by atoms with Crippen molar-refractivity contribution in [2.75, 3.05) is 6.61 Å². The van der Waals surface area contributed by atoms with E-state index in [0.29, 0.717) is 29.8 Å². The Hall–Kier alpha value is -0.0800. The molecule has 0 spiro atoms. The molecule has 15 heavy (non-hydrogen) atoms. The van der Waals surface area contributed by atoms with Crippen LogP contribution in [0.3, 0.4) is 0 Å². The van der Waals surface area contributed by atoms with Crippen molar-refractivity contribution < 1.29 is 10.2 Å². The van der Waals surface area contributed by atoms with E-state index in [1.807, 2.05) is 0 Å². The summed E-state index contributed by atoms with van der Waals surface area (Å²) in [4.78, 5) is 0. The summed E-state index contributed by atoms with van der Waals surface area (Å²) in [5, 5.41) is 19.4. The molecule has 0 heterocycles. The third kappa shape index (κ3) is 1.72. The Kier molecular flexibility index (Phi) is 3.09. The molecule has 2 saturated carbocycles. The monoisotopic (exact) mass is 212 g/mol. The van der Waals surface area contributed by atoms with E-state index in [9.17, 15) is 10.2 Å². The van der Waals surface area contributed by atoms with Crippen LogP contribution in [0, 0.1) is 23.2 Å². The molecule has 2 unspecified atom stereocenters. The molecule has 0 aromatic heterocycles. The summed E-state index contributed by atoms with van der Waals surface area (Å²) in [5.74, 6) is 1.50. The zero-order valence-electron chi connectivity index (χ0n) is 9.95. The average Bonchev–Trinajstić information content (AvgIpc) is 2.56. The number of hydrogen-bond donors (Lipinski definition) is 2. The molecule has 2 fully saturated rings. The predicted octanol–water partition coefficient (Wildman–Crippen LogP) is 2.19. The normalized spacial score (nSPS) is 47.6. The molecule has 5 atom stereocenters. The Labute approximate surface area is 92.7 Å². The lowest BCUT2D eigenvalue weighted by atomic mass is 9.62. The molecule has 0 amide bonds. The van der Waals surface area contributed by atoms with Gasteiger partial charge in [0.2, 0.25) is 0 Å². The van der Waals surface area contributed by atoms with Gasteiger partial charge in [-0.1, -0.05) is 20.3 Å². The summed E-state index contributed by atoms with van der Waals surface area (Å²) >= 11 is 0. The first kappa shape index (κ1) is 11.4. The van der Waals surface area contributed by atoms with Gasteiger partial charge in [-0.2, -0.15) is 0 Å². The van der Waals surface area contributed by atoms with Gasteiger partial charge in [-0.05, 0) is 48.9 Å². The number of aliphatic hydroxyl groups excluding tert-OH is 2. The van der Waals surface area contributed by atoms with Gasteiger partial charge in [-0.3, -0.25) is 0 Å². The number of rotatable bonds is 2. The quantitative estimate of drug-likeness (QED) is 0.736. The topological polar surface area (TPSA) is 40.5 Å². The van der Waals surface area contributed by atoms with E-state index in [-0.39, 0.29) is 6.10 Å². The molecular weight excluding hydrogens is 188 g/mol. The van der Waals surface area contributed by atoms with Gasteiger partial charge in [-0.15, -0.1) is 0 Å². The highest BCUT2D eigenvalue weighted by molar-refractivity contribution is 5.01. The summed E-state index contributed by atoms with van der Waals surface area (Å²) < 4.78 is 0. The van der Waals surface area contributed by atoms with Crippen LogP contribution >= 0.6 is 0 Å². The summed E-state index contributed by atoms with van der Waals surface area (Å²) in [7, 11) is 0. The van der Waals surface area contributed by atoms with E-state index in [0.717, 1.165) is 19.3 Å². The lowest BCUT2D eigenvalue weighted by Gasteiger charge is -2.45. The first-order valence-electron chi connectivity index (χ1n) is 6.38. The molecule has 2 nitrogen and oxygen atoms in total. The third-order valence-corrected chi connectivity index (χ3v) is 5.14. The van der Waals surface area contributed by atoms with Crippen LogP contribution in [0.5, 0.6) is 0 Å². The molecule has 2 aliphatic carbocycles. The van der Waals surface area contributed by atoms with Crippen LogP contribution in [-0.4, -0.2) is 22.9 Å². The molecule has 2 N–H and O–H groups in total. The standard InChI is InChI=1S/C13H24O2/c1-9(8-14)10-5-6-11-12(15)4-3-7-13(10,11)2/h9-12,14-15H,3-8H2,1-2H3/t9-,10+,11?,12?,13+/m0/s1. The first-order chi connectivity index (χ1) is 7.09. The van der Waals surface area contributed by atoms with Gasteiger partial charge < -0.3 is 10.2 Å². The summed E-state index contributed by atoms with van der Waals surface area (Å²) in [5.41, 5.74) is 0.291. The number of aliphatic hydroxyl groups is 2. The second-order valence-corrected chi connectivity index (χ2v) is 5.92. The van der Waals surface area contributed by atoms with Crippen LogP contribution in [0.4, 0.5) is 0 Å². The fourth-order valence-corrected chi connectivity index (χ4v) is 4.25. The van der Waals surface area contributed by atoms with E-state index in [1.54, 1.807) is 0 Å². The second-order valence-electron chi connectivity index (χ2n) is 5.92. The Bertz CT molecular complexity index is 229. The maximum absolute atomic E-state index is 10.1. The summed E-state index contributed by atoms with van der Waals surface area (Å²) in [6.07, 6.45) is 5.65. The van der Waals surface area contributed by atoms with Crippen molar-refractivity contribution in [1.82, 2.24) is 0 Å². The van der Waals surface area contributed by atoms with Crippen LogP contribution in [0.2, 0.25) is 0 Å². The maximum Gasteiger partial charge on any atom is 0.0573 e. The van der Waals surface area contributed by atoms with Crippen LogP contribution < -0.4 is 0 Å². The van der Waals surface area contributed by atoms with Crippen molar-refractivity contribution in [3.8, 4) is 0 Å². The minimum absolute atomic E-state index is 0.0837. The summed E-state index contributed by atoms with van der Waals surface area (Å²) in [6.45, 7) is 4.78. The lowest BCUT2D eigenvalue weighted by molar-refractivity contribution is -0.0321. The zero-order chi connectivity index (χ0) is 11.1. The van der Waals surface area contributed by atoms with Crippen molar-refractivity contribution in [2.24, 2.45) is 23.2 Å². The van der Waals surface area contributed by atoms with Crippen molar-refractivity contribution in [3.63, 3.8) is 0 Å². The average molecular weight is 212 g/mol. The largest absolute Gasteiger partial charge is 0.396 e. The van der Waals surface area contributed by atoms with Crippen LogP contribution in [0.25, 0.3) is 0 Å². The Morgan fingerprint density at radius 2 is 2.07 bits per heavy atom. The highest BCUT2D eigenvalue weighted by Gasteiger charge is 2.51. The Balaban J connectivity index is 2.17. The molecule has 0 aromatic rings. The summed E-state index contributed by atoms with van der Waals surface area (Å²) in [6, 6.07) is 0. The smallest absolute Gasteiger partial charge is 0.0573 e. The molecule has 0 aromatic carbocycles. The minimum atomic E-state index is -0.0837. The number of hydrogen-bond acceptors (Lipinski definition) is 2. The Morgan fingerprint density at radius 1 is 1.33 bits per heavy atom. The minimum Gasteiger partial charge on any atom is -0.396 e. The van der Waals surface area contributed by atoms with Gasteiger partial charge >= 0.3 is 0 Å². The van der Waals surface area contributed by atoms with Gasteiger partial charge in [0.15, 0.2) is 0 Å². The molecule has 2 heteroatoms. The van der Waals surface area contributed by atoms with E-state index in [1.165, 1.54) is 12.8 Å². The molecule has 0 radical (unpaired) electrons. The fourth-order valence-electron chi connectivity index (χ4n) is 4.25. The van der Waals surface area contributed by atoms with Gasteiger partial charge in [0.05, 0.1) is 6.10 Å². The molecule has 2 rings (SSSR count). The highest BCUT2D eigenvalue weighted by Crippen LogP contribution is 2.57. The van der Waals surface area contributed by atoms with Gasteiger partial charge in [-0.25, -0.2) is 0 Å². The van der Waals surface area contributed by atoms with E-state index in [4.69, 9.17) is 0 Å². The van der Waals surface area contributed by atoms with Crippen molar-refractivity contribution in [3.05, 3.63) is 0 Å². The van der Waals surface area contributed by atoms with Gasteiger partial charge in [0.1, 0.15) is 0 Å². The molecule has 0 bridgehead atoms. The van der Waals surface area contributed by atoms with Gasteiger partial charge in [0.25, 0.3) is 0 Å². The second kappa shape index (κ2) is 4.06. The van der Waals surface area contributed by atoms with Crippen LogP contribution in [0.1, 0.15) is 46.0 Å². The highest BCUT2D eigenvalue weighted by atomic mass is 16.3.